The molecule has 3 rings (SSSR count). The van der Waals surface area contributed by atoms with Crippen LogP contribution in [0.15, 0.2) is 72.8 Å². The number of aliphatic hydroxyl groups is 1. The van der Waals surface area contributed by atoms with Gasteiger partial charge in [-0.3, -0.25) is 14.4 Å². The van der Waals surface area contributed by atoms with Gasteiger partial charge in [0, 0.05) is 6.42 Å². The third-order valence-electron chi connectivity index (χ3n) is 7.66. The zero-order chi connectivity index (χ0) is 34.3. The maximum absolute atomic E-state index is 13.9. The van der Waals surface area contributed by atoms with E-state index < -0.39 is 48.1 Å². The number of fused-ring (bicyclic) bond motifs is 1. The number of benzene rings is 3. The molecule has 10 heteroatoms. The lowest BCUT2D eigenvalue weighted by Crippen LogP contribution is -2.57. The first-order valence-corrected chi connectivity index (χ1v) is 16.3. The Kier molecular flexibility index (Phi) is 14.7. The van der Waals surface area contributed by atoms with Crippen molar-refractivity contribution in [3.63, 3.8) is 0 Å². The van der Waals surface area contributed by atoms with E-state index in [-0.39, 0.29) is 37.9 Å². The maximum atomic E-state index is 13.9. The Bertz CT molecular complexity index is 1460. The standard InChI is InChI=1S/C37H49N3O7/c1-6-46-34(42)22-33(41)30(19-24(2)3)38-35(43)31(20-25(4)5)39-36(44)32(40-37(45)47-23-26-13-8-7-9-14-26)21-28-17-12-16-27-15-10-11-18-29(27)28/h7-18,24-25,30-33,41H,6,19-23H2,1-5H3,(H,38,43)(H,39,44)(H,40,45)/t30-,31-,32-,33-/m0/s1. The van der Waals surface area contributed by atoms with E-state index in [1.165, 1.54) is 0 Å². The molecular weight excluding hydrogens is 598 g/mol. The van der Waals surface area contributed by atoms with Gasteiger partial charge < -0.3 is 30.5 Å². The van der Waals surface area contributed by atoms with Gasteiger partial charge in [-0.25, -0.2) is 4.79 Å². The van der Waals surface area contributed by atoms with Crippen molar-refractivity contribution in [2.45, 2.75) is 91.1 Å². The number of amides is 3. The minimum absolute atomic E-state index is 0.0268. The lowest BCUT2D eigenvalue weighted by Gasteiger charge is -2.29. The van der Waals surface area contributed by atoms with Crippen LogP contribution in [-0.2, 0) is 36.9 Å². The summed E-state index contributed by atoms with van der Waals surface area (Å²) in [5, 5.41) is 21.2. The fraction of sp³-hybridized carbons (Fsp3) is 0.459. The van der Waals surface area contributed by atoms with Crippen LogP contribution in [0.2, 0.25) is 0 Å². The number of nitrogens with one attached hydrogen (secondary N) is 3. The second-order valence-electron chi connectivity index (χ2n) is 12.6. The molecule has 47 heavy (non-hydrogen) atoms. The highest BCUT2D eigenvalue weighted by Crippen LogP contribution is 2.20. The van der Waals surface area contributed by atoms with Crippen LogP contribution >= 0.6 is 0 Å². The molecule has 0 aliphatic rings. The molecule has 0 radical (unpaired) electrons. The molecule has 3 amide bonds. The van der Waals surface area contributed by atoms with Crippen LogP contribution in [0.25, 0.3) is 10.8 Å². The van der Waals surface area contributed by atoms with Crippen LogP contribution in [0.5, 0.6) is 0 Å². The van der Waals surface area contributed by atoms with Gasteiger partial charge in [0.25, 0.3) is 0 Å². The summed E-state index contributed by atoms with van der Waals surface area (Å²) in [4.78, 5) is 52.7. The smallest absolute Gasteiger partial charge is 0.408 e. The molecule has 3 aromatic carbocycles. The highest BCUT2D eigenvalue weighted by molar-refractivity contribution is 5.92. The van der Waals surface area contributed by atoms with E-state index >= 15 is 0 Å². The summed E-state index contributed by atoms with van der Waals surface area (Å²) in [5.41, 5.74) is 1.64. The van der Waals surface area contributed by atoms with Crippen molar-refractivity contribution >= 4 is 34.6 Å². The number of carbonyl (C=O) groups excluding carboxylic acids is 4. The number of aliphatic hydroxyl groups excluding tert-OH is 1. The third kappa shape index (κ3) is 12.4. The molecular formula is C37H49N3O7. The fourth-order valence-corrected chi connectivity index (χ4v) is 5.42. The summed E-state index contributed by atoms with van der Waals surface area (Å²) in [5.74, 6) is -1.47. The molecule has 0 saturated carbocycles. The van der Waals surface area contributed by atoms with Gasteiger partial charge in [-0.15, -0.1) is 0 Å². The molecule has 10 nitrogen and oxygen atoms in total. The predicted octanol–water partition coefficient (Wildman–Crippen LogP) is 5.05. The Morgan fingerprint density at radius 3 is 2.04 bits per heavy atom. The topological polar surface area (TPSA) is 143 Å². The summed E-state index contributed by atoms with van der Waals surface area (Å²) in [7, 11) is 0. The van der Waals surface area contributed by atoms with Crippen molar-refractivity contribution in [1.82, 2.24) is 16.0 Å². The minimum Gasteiger partial charge on any atom is -0.466 e. The molecule has 0 saturated heterocycles. The Hall–Kier alpha value is -4.44. The van der Waals surface area contributed by atoms with Gasteiger partial charge in [-0.05, 0) is 53.5 Å². The van der Waals surface area contributed by atoms with Gasteiger partial charge in [-0.2, -0.15) is 0 Å². The molecule has 0 aromatic heterocycles. The Labute approximate surface area is 277 Å². The second kappa shape index (κ2) is 18.6. The number of alkyl carbamates (subject to hydrolysis) is 1. The van der Waals surface area contributed by atoms with Gasteiger partial charge in [-0.1, -0.05) is 100 Å². The average Bonchev–Trinajstić information content (AvgIpc) is 3.03. The van der Waals surface area contributed by atoms with Gasteiger partial charge in [0.05, 0.1) is 25.2 Å². The highest BCUT2D eigenvalue weighted by atomic mass is 16.5. The number of esters is 1. The normalized spacial score (nSPS) is 13.8. The van der Waals surface area contributed by atoms with Gasteiger partial charge in [0.2, 0.25) is 11.8 Å². The van der Waals surface area contributed by atoms with Crippen LogP contribution in [0, 0.1) is 11.8 Å². The maximum Gasteiger partial charge on any atom is 0.408 e. The predicted molar refractivity (Wildman–Crippen MR) is 181 cm³/mol. The molecule has 3 aromatic rings. The summed E-state index contributed by atoms with van der Waals surface area (Å²) < 4.78 is 10.4. The molecule has 0 spiro atoms. The van der Waals surface area contributed by atoms with E-state index in [9.17, 15) is 24.3 Å². The summed E-state index contributed by atoms with van der Waals surface area (Å²) >= 11 is 0. The Morgan fingerprint density at radius 1 is 0.723 bits per heavy atom. The van der Waals surface area contributed by atoms with E-state index in [0.717, 1.165) is 21.9 Å². The quantitative estimate of drug-likeness (QED) is 0.150. The number of hydrogen-bond donors (Lipinski definition) is 4. The lowest BCUT2D eigenvalue weighted by atomic mass is 9.95. The van der Waals surface area contributed by atoms with Crippen molar-refractivity contribution in [1.29, 1.82) is 0 Å². The monoisotopic (exact) mass is 647 g/mol. The molecule has 254 valence electrons. The first-order valence-electron chi connectivity index (χ1n) is 16.3. The van der Waals surface area contributed by atoms with E-state index in [1.807, 2.05) is 100 Å². The van der Waals surface area contributed by atoms with Crippen LogP contribution in [0.3, 0.4) is 0 Å². The van der Waals surface area contributed by atoms with Crippen LogP contribution in [-0.4, -0.2) is 59.8 Å². The zero-order valence-electron chi connectivity index (χ0n) is 28.0. The fourth-order valence-electron chi connectivity index (χ4n) is 5.42. The summed E-state index contributed by atoms with van der Waals surface area (Å²) in [6.45, 7) is 9.65. The van der Waals surface area contributed by atoms with Gasteiger partial charge in [0.1, 0.15) is 18.7 Å². The van der Waals surface area contributed by atoms with E-state index in [0.29, 0.717) is 12.8 Å². The molecule has 4 atom stereocenters. The van der Waals surface area contributed by atoms with Crippen molar-refractivity contribution < 1.29 is 33.8 Å². The molecule has 4 N–H and O–H groups in total. The lowest BCUT2D eigenvalue weighted by molar-refractivity contribution is -0.146. The third-order valence-corrected chi connectivity index (χ3v) is 7.66. The van der Waals surface area contributed by atoms with E-state index in [1.54, 1.807) is 6.92 Å². The minimum atomic E-state index is -1.17. The van der Waals surface area contributed by atoms with Crippen molar-refractivity contribution in [2.75, 3.05) is 6.61 Å². The van der Waals surface area contributed by atoms with Crippen molar-refractivity contribution in [3.05, 3.63) is 83.9 Å². The highest BCUT2D eigenvalue weighted by Gasteiger charge is 2.32. The second-order valence-corrected chi connectivity index (χ2v) is 12.6. The van der Waals surface area contributed by atoms with Gasteiger partial charge in [0.15, 0.2) is 0 Å². The Balaban J connectivity index is 1.83. The molecule has 0 aliphatic heterocycles. The summed E-state index contributed by atoms with van der Waals surface area (Å²) in [6.07, 6.45) is -1.34. The number of ether oxygens (including phenoxy) is 2. The number of rotatable bonds is 17. The largest absolute Gasteiger partial charge is 0.466 e. The van der Waals surface area contributed by atoms with Crippen LogP contribution in [0.1, 0.15) is 65.0 Å². The zero-order valence-corrected chi connectivity index (χ0v) is 28.0. The first kappa shape index (κ1) is 37.0. The molecule has 0 bridgehead atoms. The Morgan fingerprint density at radius 2 is 1.36 bits per heavy atom. The number of carbonyl (C=O) groups is 4. The molecule has 0 heterocycles. The van der Waals surface area contributed by atoms with Crippen LogP contribution in [0.4, 0.5) is 4.79 Å². The van der Waals surface area contributed by atoms with Crippen molar-refractivity contribution in [2.24, 2.45) is 11.8 Å². The van der Waals surface area contributed by atoms with Gasteiger partial charge >= 0.3 is 12.1 Å². The summed E-state index contributed by atoms with van der Waals surface area (Å²) in [6, 6.07) is 20.0. The average molecular weight is 648 g/mol. The number of hydrogen-bond acceptors (Lipinski definition) is 7. The first-order chi connectivity index (χ1) is 22.5. The molecule has 0 unspecified atom stereocenters. The van der Waals surface area contributed by atoms with E-state index in [4.69, 9.17) is 9.47 Å². The molecule has 0 aliphatic carbocycles. The molecule has 0 fully saturated rings. The SMILES string of the molecule is CCOC(=O)C[C@H](O)[C@H](CC(C)C)NC(=O)[C@H](CC(C)C)NC(=O)[C@H](Cc1cccc2ccccc12)NC(=O)OCc1ccccc1. The van der Waals surface area contributed by atoms with Crippen LogP contribution < -0.4 is 16.0 Å². The van der Waals surface area contributed by atoms with E-state index in [2.05, 4.69) is 16.0 Å². The van der Waals surface area contributed by atoms with Crippen molar-refractivity contribution in [3.8, 4) is 0 Å².